The molecule has 0 amide bonds. The van der Waals surface area contributed by atoms with Crippen molar-refractivity contribution in [3.05, 3.63) is 12.2 Å². The Morgan fingerprint density at radius 3 is 1.60 bits per heavy atom. The highest BCUT2D eigenvalue weighted by Crippen LogP contribution is 2.24. The molecule has 60 valence electrons. The summed E-state index contributed by atoms with van der Waals surface area (Å²) < 4.78 is 0. The van der Waals surface area contributed by atoms with Crippen molar-refractivity contribution in [3.63, 3.8) is 0 Å². The number of allylic oxidation sites excluding steroid dienone is 1. The molecule has 1 unspecified atom stereocenters. The fraction of sp³-hybridized carbons (Fsp3) is 0.800. The fourth-order valence-electron chi connectivity index (χ4n) is 1.03. The van der Waals surface area contributed by atoms with E-state index in [9.17, 15) is 0 Å². The summed E-state index contributed by atoms with van der Waals surface area (Å²) in [7, 11) is 0. The molecule has 0 bridgehead atoms. The van der Waals surface area contributed by atoms with E-state index < -0.39 is 0 Å². The maximum absolute atomic E-state index is 3.96. The van der Waals surface area contributed by atoms with E-state index in [1.807, 2.05) is 0 Å². The van der Waals surface area contributed by atoms with E-state index in [0.717, 1.165) is 11.8 Å². The van der Waals surface area contributed by atoms with Crippen LogP contribution in [0.5, 0.6) is 0 Å². The molecule has 0 nitrogen and oxygen atoms in total. The minimum atomic E-state index is 0.667. The van der Waals surface area contributed by atoms with Crippen LogP contribution < -0.4 is 0 Å². The van der Waals surface area contributed by atoms with Gasteiger partial charge in [-0.1, -0.05) is 39.8 Å². The quantitative estimate of drug-likeness (QED) is 0.526. The summed E-state index contributed by atoms with van der Waals surface area (Å²) in [4.78, 5) is 0. The molecule has 0 aromatic heterocycles. The second-order valence-electron chi connectivity index (χ2n) is 3.74. The molecule has 0 aromatic carbocycles. The SMILES string of the molecule is C=C(C)C(C)[C@@H](C)C(C)C. The second-order valence-corrected chi connectivity index (χ2v) is 3.74. The summed E-state index contributed by atoms with van der Waals surface area (Å²) in [5, 5.41) is 0. The molecular formula is C10H20. The lowest BCUT2D eigenvalue weighted by atomic mass is 9.83. The maximum atomic E-state index is 3.96. The van der Waals surface area contributed by atoms with E-state index in [2.05, 4.69) is 41.2 Å². The molecule has 0 rings (SSSR count). The van der Waals surface area contributed by atoms with Crippen molar-refractivity contribution in [1.82, 2.24) is 0 Å². The predicted molar refractivity (Wildman–Crippen MR) is 48.0 cm³/mol. The lowest BCUT2D eigenvalue weighted by Gasteiger charge is -2.23. The molecule has 0 saturated carbocycles. The average molecular weight is 140 g/mol. The van der Waals surface area contributed by atoms with Crippen LogP contribution in [-0.4, -0.2) is 0 Å². The highest BCUT2D eigenvalue weighted by atomic mass is 14.2. The molecule has 0 fully saturated rings. The van der Waals surface area contributed by atoms with E-state index in [0.29, 0.717) is 5.92 Å². The Hall–Kier alpha value is -0.260. The zero-order valence-electron chi connectivity index (χ0n) is 7.94. The molecule has 0 saturated heterocycles. The molecular weight excluding hydrogens is 120 g/mol. The van der Waals surface area contributed by atoms with Crippen molar-refractivity contribution in [3.8, 4) is 0 Å². The van der Waals surface area contributed by atoms with Crippen LogP contribution in [0.2, 0.25) is 0 Å². The normalized spacial score (nSPS) is 17.0. The van der Waals surface area contributed by atoms with Crippen LogP contribution in [0, 0.1) is 17.8 Å². The van der Waals surface area contributed by atoms with Crippen molar-refractivity contribution in [2.24, 2.45) is 17.8 Å². The summed E-state index contributed by atoms with van der Waals surface area (Å²) in [5.74, 6) is 2.20. The lowest BCUT2D eigenvalue weighted by Crippen LogP contribution is -2.14. The third-order valence-electron chi connectivity index (χ3n) is 2.62. The highest BCUT2D eigenvalue weighted by molar-refractivity contribution is 4.96. The van der Waals surface area contributed by atoms with Crippen molar-refractivity contribution in [2.45, 2.75) is 34.6 Å². The van der Waals surface area contributed by atoms with Gasteiger partial charge in [0, 0.05) is 0 Å². The van der Waals surface area contributed by atoms with Gasteiger partial charge in [0.05, 0.1) is 0 Å². The van der Waals surface area contributed by atoms with E-state index in [1.54, 1.807) is 0 Å². The third-order valence-corrected chi connectivity index (χ3v) is 2.62. The molecule has 0 N–H and O–H groups in total. The van der Waals surface area contributed by atoms with Crippen LogP contribution >= 0.6 is 0 Å². The van der Waals surface area contributed by atoms with E-state index in [4.69, 9.17) is 0 Å². The summed E-state index contributed by atoms with van der Waals surface area (Å²) in [5.41, 5.74) is 1.31. The molecule has 0 spiro atoms. The Kier molecular flexibility index (Phi) is 3.70. The average Bonchev–Trinajstić information content (AvgIpc) is 1.84. The van der Waals surface area contributed by atoms with Gasteiger partial charge in [0.25, 0.3) is 0 Å². The first kappa shape index (κ1) is 9.74. The Labute approximate surface area is 65.3 Å². The van der Waals surface area contributed by atoms with E-state index >= 15 is 0 Å². The molecule has 0 aliphatic heterocycles. The van der Waals surface area contributed by atoms with Gasteiger partial charge in [-0.2, -0.15) is 0 Å². The molecule has 0 heteroatoms. The lowest BCUT2D eigenvalue weighted by molar-refractivity contribution is 0.331. The van der Waals surface area contributed by atoms with Gasteiger partial charge >= 0.3 is 0 Å². The highest BCUT2D eigenvalue weighted by Gasteiger charge is 2.15. The molecule has 2 atom stereocenters. The maximum Gasteiger partial charge on any atom is -0.0209 e. The monoisotopic (exact) mass is 140 g/mol. The third kappa shape index (κ3) is 2.55. The fourth-order valence-corrected chi connectivity index (χ4v) is 1.03. The first-order valence-electron chi connectivity index (χ1n) is 4.12. The van der Waals surface area contributed by atoms with Crippen molar-refractivity contribution in [1.29, 1.82) is 0 Å². The smallest absolute Gasteiger partial charge is 0.0209 e. The minimum Gasteiger partial charge on any atom is -0.0999 e. The Balaban J connectivity index is 3.94. The summed E-state index contributed by atoms with van der Waals surface area (Å²) in [6.07, 6.45) is 0. The second kappa shape index (κ2) is 3.80. The van der Waals surface area contributed by atoms with Crippen molar-refractivity contribution < 1.29 is 0 Å². The molecule has 0 radical (unpaired) electrons. The molecule has 10 heavy (non-hydrogen) atoms. The van der Waals surface area contributed by atoms with Gasteiger partial charge in [0.2, 0.25) is 0 Å². The Morgan fingerprint density at radius 1 is 1.10 bits per heavy atom. The Bertz CT molecular complexity index is 111. The molecule has 0 aliphatic rings. The van der Waals surface area contributed by atoms with Gasteiger partial charge in [-0.3, -0.25) is 0 Å². The van der Waals surface area contributed by atoms with Gasteiger partial charge in [0.15, 0.2) is 0 Å². The van der Waals surface area contributed by atoms with Gasteiger partial charge in [-0.15, -0.1) is 0 Å². The van der Waals surface area contributed by atoms with Crippen LogP contribution in [0.15, 0.2) is 12.2 Å². The number of rotatable bonds is 3. The number of hydrogen-bond donors (Lipinski definition) is 0. The zero-order chi connectivity index (χ0) is 8.31. The van der Waals surface area contributed by atoms with Crippen LogP contribution in [0.4, 0.5) is 0 Å². The predicted octanol–water partition coefficient (Wildman–Crippen LogP) is 3.49. The van der Waals surface area contributed by atoms with Crippen LogP contribution in [0.25, 0.3) is 0 Å². The van der Waals surface area contributed by atoms with Crippen molar-refractivity contribution in [2.75, 3.05) is 0 Å². The standard InChI is InChI=1S/C10H20/c1-7(2)9(5)10(6)8(3)4/h8-10H,1H2,2-6H3/t9?,10-/m0/s1. The number of hydrogen-bond acceptors (Lipinski definition) is 0. The molecule has 0 heterocycles. The van der Waals surface area contributed by atoms with Crippen LogP contribution in [0.1, 0.15) is 34.6 Å². The van der Waals surface area contributed by atoms with Crippen LogP contribution in [-0.2, 0) is 0 Å². The van der Waals surface area contributed by atoms with E-state index in [-0.39, 0.29) is 0 Å². The Morgan fingerprint density at radius 2 is 1.50 bits per heavy atom. The minimum absolute atomic E-state index is 0.667. The van der Waals surface area contributed by atoms with E-state index in [1.165, 1.54) is 5.57 Å². The largest absolute Gasteiger partial charge is 0.0999 e. The van der Waals surface area contributed by atoms with Crippen molar-refractivity contribution >= 4 is 0 Å². The zero-order valence-corrected chi connectivity index (χ0v) is 7.94. The molecule has 0 aromatic rings. The van der Waals surface area contributed by atoms with Crippen LogP contribution in [0.3, 0.4) is 0 Å². The first-order chi connectivity index (χ1) is 4.46. The summed E-state index contributed by atoms with van der Waals surface area (Å²) >= 11 is 0. The van der Waals surface area contributed by atoms with Gasteiger partial charge in [-0.25, -0.2) is 0 Å². The van der Waals surface area contributed by atoms with Gasteiger partial charge in [0.1, 0.15) is 0 Å². The summed E-state index contributed by atoms with van der Waals surface area (Å²) in [6, 6.07) is 0. The summed E-state index contributed by atoms with van der Waals surface area (Å²) in [6.45, 7) is 15.2. The van der Waals surface area contributed by atoms with Gasteiger partial charge in [-0.05, 0) is 24.7 Å². The van der Waals surface area contributed by atoms with Gasteiger partial charge < -0.3 is 0 Å². The topological polar surface area (TPSA) is 0 Å². The molecule has 0 aliphatic carbocycles. The first-order valence-corrected chi connectivity index (χ1v) is 4.12.